The molecule has 0 saturated heterocycles. The highest BCUT2D eigenvalue weighted by molar-refractivity contribution is 6.35. The lowest BCUT2D eigenvalue weighted by atomic mass is 10.00. The highest BCUT2D eigenvalue weighted by Crippen LogP contribution is 2.33. The van der Waals surface area contributed by atoms with Crippen LogP contribution in [-0.2, 0) is 4.79 Å². The van der Waals surface area contributed by atoms with Gasteiger partial charge in [0, 0.05) is 27.0 Å². The number of hydrogen-bond donors (Lipinski definition) is 3. The normalized spacial score (nSPS) is 16.8. The maximum Gasteiger partial charge on any atom is 0.255 e. The number of amidine groups is 1. The molecule has 0 radical (unpaired) electrons. The van der Waals surface area contributed by atoms with Crippen LogP contribution in [0.15, 0.2) is 88.1 Å². The number of aliphatic imine (C=N–C) groups is 1. The van der Waals surface area contributed by atoms with Gasteiger partial charge in [0.2, 0.25) is 5.91 Å². The van der Waals surface area contributed by atoms with Gasteiger partial charge >= 0.3 is 0 Å². The molecule has 2 atom stereocenters. The summed E-state index contributed by atoms with van der Waals surface area (Å²) < 4.78 is 0. The summed E-state index contributed by atoms with van der Waals surface area (Å²) in [6, 6.07) is 20.0. The molecule has 2 heterocycles. The summed E-state index contributed by atoms with van der Waals surface area (Å²) in [7, 11) is 0. The molecule has 0 spiro atoms. The lowest BCUT2D eigenvalue weighted by Crippen LogP contribution is -2.35. The number of rotatable bonds is 6. The molecule has 0 aromatic heterocycles. The number of anilines is 2. The van der Waals surface area contributed by atoms with Crippen molar-refractivity contribution in [3.8, 4) is 0 Å². The predicted octanol–water partition coefficient (Wildman–Crippen LogP) is 6.40. The first-order chi connectivity index (χ1) is 19.2. The van der Waals surface area contributed by atoms with Gasteiger partial charge in [0.1, 0.15) is 12.0 Å². The van der Waals surface area contributed by atoms with Crippen LogP contribution < -0.4 is 16.0 Å². The number of aryl methyl sites for hydroxylation is 1. The summed E-state index contributed by atoms with van der Waals surface area (Å²) in [4.78, 5) is 30.6. The summed E-state index contributed by atoms with van der Waals surface area (Å²) in [5, 5.41) is 16.4. The molecule has 2 unspecified atom stereocenters. The Hall–Kier alpha value is -4.14. The Balaban J connectivity index is 1.33. The SMILES string of the molecule is CC1=C2C(Nc3cc(NC(=O)c4cc(Cl)cc(Cl)c4)ccc3C)=NC=NN2CC1C(=O)NC(C)c1ccccc1. The molecule has 3 N–H and O–H groups in total. The molecular weight excluding hydrogens is 547 g/mol. The van der Waals surface area contributed by atoms with E-state index in [1.54, 1.807) is 23.2 Å². The van der Waals surface area contributed by atoms with Crippen molar-refractivity contribution in [3.05, 3.63) is 105 Å². The molecular formula is C30H28Cl2N6O2. The van der Waals surface area contributed by atoms with Crippen LogP contribution in [-0.4, -0.2) is 35.5 Å². The van der Waals surface area contributed by atoms with E-state index in [0.29, 0.717) is 33.7 Å². The van der Waals surface area contributed by atoms with Gasteiger partial charge in [0.05, 0.1) is 18.5 Å². The van der Waals surface area contributed by atoms with E-state index < -0.39 is 0 Å². The van der Waals surface area contributed by atoms with Crippen molar-refractivity contribution in [2.24, 2.45) is 16.0 Å². The van der Waals surface area contributed by atoms with E-state index in [9.17, 15) is 9.59 Å². The van der Waals surface area contributed by atoms with Gasteiger partial charge in [-0.05, 0) is 67.8 Å². The van der Waals surface area contributed by atoms with E-state index in [-0.39, 0.29) is 23.8 Å². The summed E-state index contributed by atoms with van der Waals surface area (Å²) in [5.74, 6) is -0.195. The standard InChI is InChI=1S/C30H28Cl2N6O2/c1-17-9-10-24(36-29(39)21-11-22(31)13-23(32)12-21)14-26(17)37-28-27-18(2)25(15-38(27)34-16-33-28)30(40)35-19(3)20-7-5-4-6-8-20/h4-14,16,19,25H,15H2,1-3H3,(H,35,40)(H,36,39)(H,33,34,37). The maximum absolute atomic E-state index is 13.3. The van der Waals surface area contributed by atoms with Gasteiger partial charge in [-0.15, -0.1) is 0 Å². The van der Waals surface area contributed by atoms with Crippen molar-refractivity contribution in [3.63, 3.8) is 0 Å². The first-order valence-electron chi connectivity index (χ1n) is 12.8. The molecule has 0 aliphatic carbocycles. The first kappa shape index (κ1) is 27.4. The van der Waals surface area contributed by atoms with Gasteiger partial charge in [-0.25, -0.2) is 4.99 Å². The van der Waals surface area contributed by atoms with Crippen molar-refractivity contribution in [2.45, 2.75) is 26.8 Å². The van der Waals surface area contributed by atoms with E-state index in [4.69, 9.17) is 23.2 Å². The molecule has 2 aliphatic rings. The summed E-state index contributed by atoms with van der Waals surface area (Å²) in [6.07, 6.45) is 1.47. The number of amides is 2. The molecule has 0 fully saturated rings. The largest absolute Gasteiger partial charge is 0.349 e. The first-order valence-corrected chi connectivity index (χ1v) is 13.5. The van der Waals surface area contributed by atoms with Crippen molar-refractivity contribution in [2.75, 3.05) is 17.2 Å². The molecule has 0 bridgehead atoms. The number of hydrazone groups is 1. The van der Waals surface area contributed by atoms with Gasteiger partial charge < -0.3 is 16.0 Å². The maximum atomic E-state index is 13.3. The predicted molar refractivity (Wildman–Crippen MR) is 161 cm³/mol. The Morgan fingerprint density at radius 2 is 1.73 bits per heavy atom. The number of carbonyl (C=O) groups is 2. The van der Waals surface area contributed by atoms with Gasteiger partial charge in [-0.1, -0.05) is 59.6 Å². The molecule has 204 valence electrons. The molecule has 2 aliphatic heterocycles. The van der Waals surface area contributed by atoms with Crippen molar-refractivity contribution in [1.29, 1.82) is 0 Å². The minimum absolute atomic E-state index is 0.0627. The third kappa shape index (κ3) is 5.88. The van der Waals surface area contributed by atoms with E-state index in [1.165, 1.54) is 6.34 Å². The van der Waals surface area contributed by atoms with Crippen molar-refractivity contribution >= 4 is 58.6 Å². The molecule has 40 heavy (non-hydrogen) atoms. The van der Waals surface area contributed by atoms with Gasteiger partial charge in [-0.2, -0.15) is 5.10 Å². The van der Waals surface area contributed by atoms with Crippen LogP contribution in [0.2, 0.25) is 10.0 Å². The van der Waals surface area contributed by atoms with E-state index in [2.05, 4.69) is 26.0 Å². The Morgan fingerprint density at radius 3 is 2.45 bits per heavy atom. The number of fused-ring (bicyclic) bond motifs is 1. The monoisotopic (exact) mass is 574 g/mol. The lowest BCUT2D eigenvalue weighted by Gasteiger charge is -2.23. The van der Waals surface area contributed by atoms with Crippen molar-refractivity contribution < 1.29 is 9.59 Å². The number of hydrogen-bond acceptors (Lipinski definition) is 6. The van der Waals surface area contributed by atoms with E-state index in [0.717, 1.165) is 28.1 Å². The zero-order chi connectivity index (χ0) is 28.4. The quantitative estimate of drug-likeness (QED) is 0.317. The molecule has 8 nitrogen and oxygen atoms in total. The number of halogens is 2. The second-order valence-electron chi connectivity index (χ2n) is 9.78. The number of nitrogens with zero attached hydrogens (tertiary/aromatic N) is 3. The number of carbonyl (C=O) groups excluding carboxylic acids is 2. The van der Waals surface area contributed by atoms with E-state index in [1.807, 2.05) is 69.3 Å². The molecule has 3 aromatic rings. The Bertz CT molecular complexity index is 1550. The Labute approximate surface area is 242 Å². The minimum Gasteiger partial charge on any atom is -0.349 e. The second-order valence-corrected chi connectivity index (χ2v) is 10.7. The van der Waals surface area contributed by atoms with Crippen LogP contribution >= 0.6 is 23.2 Å². The van der Waals surface area contributed by atoms with Gasteiger partial charge in [-0.3, -0.25) is 14.6 Å². The summed E-state index contributed by atoms with van der Waals surface area (Å²) in [5.41, 5.74) is 5.32. The lowest BCUT2D eigenvalue weighted by molar-refractivity contribution is -0.124. The van der Waals surface area contributed by atoms with Crippen LogP contribution in [0, 0.1) is 12.8 Å². The van der Waals surface area contributed by atoms with Crippen LogP contribution in [0.3, 0.4) is 0 Å². The third-order valence-corrected chi connectivity index (χ3v) is 7.40. The molecule has 5 rings (SSSR count). The fourth-order valence-corrected chi connectivity index (χ4v) is 5.28. The minimum atomic E-state index is -0.375. The second kappa shape index (κ2) is 11.5. The fraction of sp³-hybridized carbons (Fsp3) is 0.200. The number of benzene rings is 3. The average Bonchev–Trinajstić information content (AvgIpc) is 3.27. The average molecular weight is 576 g/mol. The smallest absolute Gasteiger partial charge is 0.255 e. The molecule has 2 amide bonds. The third-order valence-electron chi connectivity index (χ3n) is 6.96. The summed E-state index contributed by atoms with van der Waals surface area (Å²) in [6.45, 7) is 6.28. The highest BCUT2D eigenvalue weighted by atomic mass is 35.5. The molecule has 10 heteroatoms. The Kier molecular flexibility index (Phi) is 7.91. The molecule has 3 aromatic carbocycles. The zero-order valence-corrected chi connectivity index (χ0v) is 23.7. The topological polar surface area (TPSA) is 98.2 Å². The zero-order valence-electron chi connectivity index (χ0n) is 22.2. The van der Waals surface area contributed by atoms with Crippen LogP contribution in [0.1, 0.15) is 41.4 Å². The van der Waals surface area contributed by atoms with Gasteiger partial charge in [0.25, 0.3) is 5.91 Å². The van der Waals surface area contributed by atoms with Crippen LogP contribution in [0.25, 0.3) is 0 Å². The van der Waals surface area contributed by atoms with Crippen LogP contribution in [0.4, 0.5) is 11.4 Å². The molecule has 0 saturated carbocycles. The van der Waals surface area contributed by atoms with Crippen LogP contribution in [0.5, 0.6) is 0 Å². The summed E-state index contributed by atoms with van der Waals surface area (Å²) >= 11 is 12.1. The van der Waals surface area contributed by atoms with Crippen molar-refractivity contribution in [1.82, 2.24) is 10.3 Å². The fourth-order valence-electron chi connectivity index (χ4n) is 4.75. The van der Waals surface area contributed by atoms with Gasteiger partial charge in [0.15, 0.2) is 5.84 Å². The Morgan fingerprint density at radius 1 is 1.00 bits per heavy atom. The van der Waals surface area contributed by atoms with E-state index >= 15 is 0 Å². The highest BCUT2D eigenvalue weighted by Gasteiger charge is 2.37. The number of nitrogens with one attached hydrogen (secondary N) is 3.